The minimum Gasteiger partial charge on any atom is -0.395 e. The number of nitrogens with two attached hydrogens (primary N) is 1. The van der Waals surface area contributed by atoms with Crippen molar-refractivity contribution in [3.63, 3.8) is 0 Å². The van der Waals surface area contributed by atoms with Crippen molar-refractivity contribution in [1.82, 2.24) is 4.90 Å². The second kappa shape index (κ2) is 8.43. The number of benzene rings is 1. The Labute approximate surface area is 156 Å². The van der Waals surface area contributed by atoms with Crippen LogP contribution in [0.25, 0.3) is 0 Å². The van der Waals surface area contributed by atoms with E-state index in [4.69, 9.17) is 10.8 Å². The molecule has 0 unspecified atom stereocenters. The molecule has 0 radical (unpaired) electrons. The number of aliphatic hydroxyl groups is 1. The molecule has 9 heteroatoms. The van der Waals surface area contributed by atoms with E-state index < -0.39 is 58.1 Å². The molecule has 4 N–H and O–H groups in total. The first-order valence-corrected chi connectivity index (χ1v) is 8.60. The number of anilines is 1. The molecule has 0 aliphatic carbocycles. The Hall–Kier alpha value is -1.87. The number of carbonyl (C=O) groups excluding carboxylic acids is 1. The van der Waals surface area contributed by atoms with Crippen LogP contribution in [0, 0.1) is 23.3 Å². The third-order valence-corrected chi connectivity index (χ3v) is 4.13. The fraction of sp³-hybridized carbons (Fsp3) is 0.611. The molecule has 0 atom stereocenters. The Balaban J connectivity index is 3.62. The number of rotatable bonds is 8. The van der Waals surface area contributed by atoms with Crippen molar-refractivity contribution >= 4 is 11.6 Å². The summed E-state index contributed by atoms with van der Waals surface area (Å²) in [5.74, 6) is -6.94. The molecule has 1 amide bonds. The van der Waals surface area contributed by atoms with E-state index in [1.54, 1.807) is 20.8 Å². The molecule has 0 fully saturated rings. The lowest BCUT2D eigenvalue weighted by atomic mass is 9.88. The summed E-state index contributed by atoms with van der Waals surface area (Å²) < 4.78 is 58.2. The second-order valence-corrected chi connectivity index (χ2v) is 7.54. The normalized spacial score (nSPS) is 12.3. The smallest absolute Gasteiger partial charge is 0.223 e. The molecule has 154 valence electrons. The van der Waals surface area contributed by atoms with Crippen LogP contribution < -0.4 is 11.1 Å². The van der Waals surface area contributed by atoms with E-state index in [9.17, 15) is 22.4 Å². The molecule has 0 heterocycles. The van der Waals surface area contributed by atoms with Crippen molar-refractivity contribution < 1.29 is 27.5 Å². The lowest BCUT2D eigenvalue weighted by Gasteiger charge is -2.42. The number of amides is 1. The van der Waals surface area contributed by atoms with Crippen LogP contribution >= 0.6 is 0 Å². The van der Waals surface area contributed by atoms with Gasteiger partial charge in [-0.05, 0) is 27.7 Å². The van der Waals surface area contributed by atoms with Crippen LogP contribution in [0.5, 0.6) is 0 Å². The summed E-state index contributed by atoms with van der Waals surface area (Å²) in [6, 6.07) is 0. The molecule has 0 saturated carbocycles. The minimum absolute atomic E-state index is 0.0177. The first-order chi connectivity index (χ1) is 12.3. The number of aliphatic hydroxyl groups excluding tert-OH is 1. The Morgan fingerprint density at radius 3 is 1.93 bits per heavy atom. The van der Waals surface area contributed by atoms with Crippen LogP contribution in [0.1, 0.15) is 46.6 Å². The van der Waals surface area contributed by atoms with E-state index in [-0.39, 0.29) is 19.5 Å². The van der Waals surface area contributed by atoms with Crippen molar-refractivity contribution in [2.45, 2.75) is 52.1 Å². The van der Waals surface area contributed by atoms with Crippen molar-refractivity contribution in [1.29, 1.82) is 0 Å². The maximum Gasteiger partial charge on any atom is 0.223 e. The highest BCUT2D eigenvalue weighted by molar-refractivity contribution is 5.77. The third kappa shape index (κ3) is 4.90. The van der Waals surface area contributed by atoms with Crippen molar-refractivity contribution in [3.05, 3.63) is 28.8 Å². The van der Waals surface area contributed by atoms with E-state index in [1.165, 1.54) is 13.8 Å². The highest BCUT2D eigenvalue weighted by Gasteiger charge is 2.41. The van der Waals surface area contributed by atoms with Gasteiger partial charge in [0.15, 0.2) is 23.3 Å². The van der Waals surface area contributed by atoms with E-state index >= 15 is 0 Å². The van der Waals surface area contributed by atoms with Gasteiger partial charge in [0.2, 0.25) is 5.91 Å². The van der Waals surface area contributed by atoms with Gasteiger partial charge < -0.3 is 21.1 Å². The first-order valence-electron chi connectivity index (χ1n) is 8.60. The Morgan fingerprint density at radius 1 is 1.07 bits per heavy atom. The van der Waals surface area contributed by atoms with Gasteiger partial charge in [-0.25, -0.2) is 17.6 Å². The summed E-state index contributed by atoms with van der Waals surface area (Å²) in [6.07, 6.45) is 0.0177. The lowest BCUT2D eigenvalue weighted by Crippen LogP contribution is -2.55. The second-order valence-electron chi connectivity index (χ2n) is 7.54. The predicted molar refractivity (Wildman–Crippen MR) is 95.1 cm³/mol. The molecule has 0 saturated heterocycles. The zero-order valence-electron chi connectivity index (χ0n) is 16.2. The summed E-state index contributed by atoms with van der Waals surface area (Å²) >= 11 is 0. The van der Waals surface area contributed by atoms with E-state index in [1.807, 2.05) is 0 Å². The van der Waals surface area contributed by atoms with Crippen LogP contribution in [0.4, 0.5) is 23.2 Å². The number of carbonyl (C=O) groups is 1. The highest BCUT2D eigenvalue weighted by Crippen LogP contribution is 2.38. The molecule has 1 aromatic carbocycles. The minimum atomic E-state index is -1.71. The van der Waals surface area contributed by atoms with Gasteiger partial charge in [0.25, 0.3) is 0 Å². The van der Waals surface area contributed by atoms with E-state index in [2.05, 4.69) is 5.32 Å². The van der Waals surface area contributed by atoms with Gasteiger partial charge in [-0.1, -0.05) is 6.92 Å². The van der Waals surface area contributed by atoms with Crippen LogP contribution in [-0.2, 0) is 10.3 Å². The molecule has 0 aliphatic heterocycles. The van der Waals surface area contributed by atoms with Crippen molar-refractivity contribution in [3.8, 4) is 0 Å². The van der Waals surface area contributed by atoms with Crippen LogP contribution in [0.15, 0.2) is 0 Å². The zero-order valence-corrected chi connectivity index (χ0v) is 16.2. The summed E-state index contributed by atoms with van der Waals surface area (Å²) in [7, 11) is 0. The summed E-state index contributed by atoms with van der Waals surface area (Å²) in [6.45, 7) is 6.53. The van der Waals surface area contributed by atoms with E-state index in [0.29, 0.717) is 0 Å². The average molecular weight is 393 g/mol. The molecule has 1 rings (SSSR count). The monoisotopic (exact) mass is 393 g/mol. The predicted octanol–water partition coefficient (Wildman–Crippen LogP) is 2.86. The third-order valence-electron chi connectivity index (χ3n) is 4.13. The molecule has 0 spiro atoms. The first kappa shape index (κ1) is 23.2. The van der Waals surface area contributed by atoms with Crippen LogP contribution in [-0.4, -0.2) is 41.1 Å². The summed E-state index contributed by atoms with van der Waals surface area (Å²) in [5.41, 5.74) is 1.42. The van der Waals surface area contributed by atoms with Gasteiger partial charge in [-0.3, -0.25) is 4.79 Å². The molecule has 5 nitrogen and oxygen atoms in total. The Morgan fingerprint density at radius 2 is 1.56 bits per heavy atom. The molecule has 1 aromatic rings. The number of halogens is 4. The Kier molecular flexibility index (Phi) is 7.24. The van der Waals surface area contributed by atoms with Gasteiger partial charge in [0.1, 0.15) is 5.69 Å². The topological polar surface area (TPSA) is 78.6 Å². The summed E-state index contributed by atoms with van der Waals surface area (Å²) in [4.78, 5) is 13.5. The largest absolute Gasteiger partial charge is 0.395 e. The zero-order chi connectivity index (χ0) is 21.2. The number of nitrogens with one attached hydrogen (secondary N) is 1. The Bertz CT molecular complexity index is 674. The summed E-state index contributed by atoms with van der Waals surface area (Å²) in [5, 5.41) is 10.9. The fourth-order valence-corrected chi connectivity index (χ4v) is 2.84. The van der Waals surface area contributed by atoms with E-state index in [0.717, 1.165) is 4.90 Å². The number of hydrogen-bond acceptors (Lipinski definition) is 4. The van der Waals surface area contributed by atoms with Gasteiger partial charge >= 0.3 is 0 Å². The maximum atomic E-state index is 14.7. The molecule has 0 aromatic heterocycles. The number of nitrogens with zero attached hydrogens (tertiary/aromatic N) is 1. The van der Waals surface area contributed by atoms with Crippen LogP contribution in [0.2, 0.25) is 0 Å². The highest BCUT2D eigenvalue weighted by atomic mass is 19.2. The standard InChI is InChI=1S/C18H27F4N3O2/c1-6-10(27)25(9-17(2,3)23)18(4,5)11-12(19)14(21)16(24-7-8-26)15(22)13(11)20/h24,26H,6-9,23H2,1-5H3. The molecule has 0 bridgehead atoms. The molecule has 0 aliphatic rings. The fourth-order valence-electron chi connectivity index (χ4n) is 2.84. The maximum absolute atomic E-state index is 14.7. The quantitative estimate of drug-likeness (QED) is 0.469. The molecular weight excluding hydrogens is 366 g/mol. The van der Waals surface area contributed by atoms with Crippen LogP contribution in [0.3, 0.4) is 0 Å². The SMILES string of the molecule is CCC(=O)N(CC(C)(C)N)C(C)(C)c1c(F)c(F)c(NCCO)c(F)c1F. The van der Waals surface area contributed by atoms with Gasteiger partial charge in [0.05, 0.1) is 17.7 Å². The van der Waals surface area contributed by atoms with Gasteiger partial charge in [0, 0.05) is 25.0 Å². The molecule has 27 heavy (non-hydrogen) atoms. The van der Waals surface area contributed by atoms with Gasteiger partial charge in [-0.15, -0.1) is 0 Å². The number of hydrogen-bond donors (Lipinski definition) is 3. The molecular formula is C18H27F4N3O2. The lowest BCUT2D eigenvalue weighted by molar-refractivity contribution is -0.137. The van der Waals surface area contributed by atoms with Crippen molar-refractivity contribution in [2.24, 2.45) is 5.73 Å². The average Bonchev–Trinajstić information content (AvgIpc) is 2.56. The van der Waals surface area contributed by atoms with Gasteiger partial charge in [-0.2, -0.15) is 0 Å². The van der Waals surface area contributed by atoms with Crippen molar-refractivity contribution in [2.75, 3.05) is 25.0 Å².